The van der Waals surface area contributed by atoms with Gasteiger partial charge in [0.15, 0.2) is 0 Å². The number of hydrogen-bond donors (Lipinski definition) is 2. The summed E-state index contributed by atoms with van der Waals surface area (Å²) in [7, 11) is 1.87. The number of aryl methyl sites for hydroxylation is 2. The van der Waals surface area contributed by atoms with Crippen molar-refractivity contribution >= 4 is 12.0 Å². The number of hydrogen-bond acceptors (Lipinski definition) is 4. The molecule has 0 aliphatic heterocycles. The summed E-state index contributed by atoms with van der Waals surface area (Å²) in [5, 5.41) is 9.78. The number of nitrogens with zero attached hydrogens (tertiary/aromatic N) is 2. The number of ether oxygens (including phenoxy) is 1. The fraction of sp³-hybridized carbons (Fsp3) is 0.688. The number of carbonyl (C=O) groups is 2. The monoisotopic (exact) mass is 324 g/mol. The molecule has 1 aromatic heterocycles. The molecular formula is C16H28N4O3. The minimum atomic E-state index is -0.690. The first kappa shape index (κ1) is 19.0. The van der Waals surface area contributed by atoms with Gasteiger partial charge in [0.2, 0.25) is 5.91 Å². The molecule has 2 amide bonds. The maximum Gasteiger partial charge on any atom is 0.408 e. The lowest BCUT2D eigenvalue weighted by Gasteiger charge is -2.23. The van der Waals surface area contributed by atoms with Crippen LogP contribution in [0.1, 0.15) is 57.6 Å². The van der Waals surface area contributed by atoms with Crippen LogP contribution in [0, 0.1) is 13.8 Å². The predicted molar refractivity (Wildman–Crippen MR) is 88.1 cm³/mol. The number of nitrogens with one attached hydrogen (secondary N) is 2. The minimum absolute atomic E-state index is 0.195. The molecule has 0 aromatic carbocycles. The highest BCUT2D eigenvalue weighted by Crippen LogP contribution is 2.20. The topological polar surface area (TPSA) is 85.3 Å². The molecule has 0 aliphatic carbocycles. The molecule has 1 aromatic rings. The third-order valence-electron chi connectivity index (χ3n) is 3.48. The van der Waals surface area contributed by atoms with Crippen LogP contribution in [0.25, 0.3) is 0 Å². The summed E-state index contributed by atoms with van der Waals surface area (Å²) >= 11 is 0. The van der Waals surface area contributed by atoms with Crippen molar-refractivity contribution in [2.24, 2.45) is 7.05 Å². The second-order valence-electron chi connectivity index (χ2n) is 6.81. The fourth-order valence-corrected chi connectivity index (χ4v) is 2.38. The fourth-order valence-electron chi connectivity index (χ4n) is 2.38. The van der Waals surface area contributed by atoms with Crippen LogP contribution in [-0.4, -0.2) is 33.4 Å². The summed E-state index contributed by atoms with van der Waals surface area (Å²) in [6.07, 6.45) is -0.610. The summed E-state index contributed by atoms with van der Waals surface area (Å²) in [5.41, 5.74) is 2.27. The quantitative estimate of drug-likeness (QED) is 0.888. The molecule has 1 heterocycles. The maximum atomic E-state index is 12.2. The lowest BCUT2D eigenvalue weighted by Crippen LogP contribution is -2.47. The molecule has 0 saturated carbocycles. The van der Waals surface area contributed by atoms with Crippen molar-refractivity contribution in [2.45, 2.75) is 66.2 Å². The lowest BCUT2D eigenvalue weighted by atomic mass is 10.1. The first-order valence-electron chi connectivity index (χ1n) is 7.72. The Morgan fingerprint density at radius 1 is 1.17 bits per heavy atom. The lowest BCUT2D eigenvalue weighted by molar-refractivity contribution is -0.123. The third-order valence-corrected chi connectivity index (χ3v) is 3.48. The van der Waals surface area contributed by atoms with Crippen molar-refractivity contribution in [3.63, 3.8) is 0 Å². The molecule has 23 heavy (non-hydrogen) atoms. The SMILES string of the molecule is Cc1nn(C)c(C)c1[C@H](C)NC(=O)[C@@H](C)NC(=O)OC(C)(C)C. The third kappa shape index (κ3) is 5.26. The normalized spacial score (nSPS) is 14.1. The summed E-state index contributed by atoms with van der Waals surface area (Å²) in [4.78, 5) is 24.0. The van der Waals surface area contributed by atoms with Gasteiger partial charge in [0, 0.05) is 18.3 Å². The molecule has 130 valence electrons. The Bertz CT molecular complexity index is 587. The number of amides is 2. The Balaban J connectivity index is 2.66. The summed E-state index contributed by atoms with van der Waals surface area (Å²) in [5.74, 6) is -0.272. The Morgan fingerprint density at radius 3 is 2.17 bits per heavy atom. The van der Waals surface area contributed by atoms with Gasteiger partial charge in [0.1, 0.15) is 11.6 Å². The van der Waals surface area contributed by atoms with Crippen molar-refractivity contribution < 1.29 is 14.3 Å². The van der Waals surface area contributed by atoms with E-state index in [1.54, 1.807) is 32.4 Å². The highest BCUT2D eigenvalue weighted by atomic mass is 16.6. The molecular weight excluding hydrogens is 296 g/mol. The molecule has 7 heteroatoms. The zero-order valence-corrected chi connectivity index (χ0v) is 15.3. The molecule has 0 radical (unpaired) electrons. The van der Waals surface area contributed by atoms with Crippen molar-refractivity contribution in [1.82, 2.24) is 20.4 Å². The van der Waals surface area contributed by atoms with E-state index in [0.717, 1.165) is 17.0 Å². The molecule has 0 saturated heterocycles. The largest absolute Gasteiger partial charge is 0.444 e. The van der Waals surface area contributed by atoms with Crippen LogP contribution >= 0.6 is 0 Å². The zero-order valence-electron chi connectivity index (χ0n) is 15.3. The second-order valence-corrected chi connectivity index (χ2v) is 6.81. The van der Waals surface area contributed by atoms with E-state index in [0.29, 0.717) is 0 Å². The number of aromatic nitrogens is 2. The highest BCUT2D eigenvalue weighted by Gasteiger charge is 2.24. The van der Waals surface area contributed by atoms with Gasteiger partial charge in [-0.25, -0.2) is 4.79 Å². The smallest absolute Gasteiger partial charge is 0.408 e. The van der Waals surface area contributed by atoms with E-state index < -0.39 is 17.7 Å². The van der Waals surface area contributed by atoms with E-state index in [1.807, 2.05) is 27.8 Å². The Labute approximate surface area is 137 Å². The molecule has 1 rings (SSSR count). The Morgan fingerprint density at radius 2 is 1.74 bits per heavy atom. The van der Waals surface area contributed by atoms with Gasteiger partial charge in [-0.05, 0) is 48.5 Å². The maximum absolute atomic E-state index is 12.2. The van der Waals surface area contributed by atoms with Crippen molar-refractivity contribution in [1.29, 1.82) is 0 Å². The van der Waals surface area contributed by atoms with E-state index in [-0.39, 0.29) is 11.9 Å². The van der Waals surface area contributed by atoms with Crippen molar-refractivity contribution in [2.75, 3.05) is 0 Å². The zero-order chi connectivity index (χ0) is 17.9. The molecule has 0 aliphatic rings. The predicted octanol–water partition coefficient (Wildman–Crippen LogP) is 2.13. The van der Waals surface area contributed by atoms with Crippen molar-refractivity contribution in [3.05, 3.63) is 17.0 Å². The van der Waals surface area contributed by atoms with Gasteiger partial charge < -0.3 is 15.4 Å². The molecule has 2 atom stereocenters. The highest BCUT2D eigenvalue weighted by molar-refractivity contribution is 5.85. The van der Waals surface area contributed by atoms with Crippen LogP contribution in [0.4, 0.5) is 4.79 Å². The first-order valence-corrected chi connectivity index (χ1v) is 7.72. The number of alkyl carbamates (subject to hydrolysis) is 1. The van der Waals surface area contributed by atoms with Crippen molar-refractivity contribution in [3.8, 4) is 0 Å². The number of rotatable bonds is 4. The van der Waals surface area contributed by atoms with Crippen LogP contribution in [0.15, 0.2) is 0 Å². The van der Waals surface area contributed by atoms with Gasteiger partial charge in [0.05, 0.1) is 11.7 Å². The van der Waals surface area contributed by atoms with Crippen LogP contribution < -0.4 is 10.6 Å². The van der Waals surface area contributed by atoms with Gasteiger partial charge in [-0.3, -0.25) is 9.48 Å². The van der Waals surface area contributed by atoms with Gasteiger partial charge in [-0.1, -0.05) is 0 Å². The molecule has 0 spiro atoms. The Hall–Kier alpha value is -2.05. The summed E-state index contributed by atoms with van der Waals surface area (Å²) in [6.45, 7) is 12.7. The van der Waals surface area contributed by atoms with Gasteiger partial charge in [-0.15, -0.1) is 0 Å². The van der Waals surface area contributed by atoms with Crippen LogP contribution in [0.3, 0.4) is 0 Å². The summed E-state index contributed by atoms with van der Waals surface area (Å²) in [6, 6.07) is -0.885. The van der Waals surface area contributed by atoms with E-state index in [9.17, 15) is 9.59 Å². The van der Waals surface area contributed by atoms with E-state index >= 15 is 0 Å². The second kappa shape index (κ2) is 7.02. The molecule has 0 fully saturated rings. The molecule has 0 unspecified atom stereocenters. The van der Waals surface area contributed by atoms with Crippen LogP contribution in [0.2, 0.25) is 0 Å². The average molecular weight is 324 g/mol. The van der Waals surface area contributed by atoms with E-state index in [2.05, 4.69) is 15.7 Å². The van der Waals surface area contributed by atoms with Crippen LogP contribution in [0.5, 0.6) is 0 Å². The summed E-state index contributed by atoms with van der Waals surface area (Å²) < 4.78 is 6.93. The van der Waals surface area contributed by atoms with E-state index in [4.69, 9.17) is 4.74 Å². The molecule has 2 N–H and O–H groups in total. The number of carbonyl (C=O) groups excluding carboxylic acids is 2. The van der Waals surface area contributed by atoms with E-state index in [1.165, 1.54) is 0 Å². The van der Waals surface area contributed by atoms with Gasteiger partial charge >= 0.3 is 6.09 Å². The van der Waals surface area contributed by atoms with Gasteiger partial charge in [0.25, 0.3) is 0 Å². The minimum Gasteiger partial charge on any atom is -0.444 e. The molecule has 7 nitrogen and oxygen atoms in total. The van der Waals surface area contributed by atoms with Crippen LogP contribution in [-0.2, 0) is 16.6 Å². The Kier molecular flexibility index (Phi) is 5.80. The first-order chi connectivity index (χ1) is 10.4. The van der Waals surface area contributed by atoms with Gasteiger partial charge in [-0.2, -0.15) is 5.10 Å². The average Bonchev–Trinajstić information content (AvgIpc) is 2.60. The standard InChI is InChI=1S/C16H28N4O3/c1-9(13-10(2)19-20(8)12(13)4)17-14(21)11(3)18-15(22)23-16(5,6)7/h9,11H,1-8H3,(H,17,21)(H,18,22)/t9-,11+/m0/s1. The molecule has 0 bridgehead atoms.